The van der Waals surface area contributed by atoms with Gasteiger partial charge in [0.1, 0.15) is 6.61 Å². The third kappa shape index (κ3) is 3.17. The van der Waals surface area contributed by atoms with E-state index in [0.29, 0.717) is 5.69 Å². The number of anilines is 1. The van der Waals surface area contributed by atoms with Crippen molar-refractivity contribution in [2.24, 2.45) is 7.05 Å². The molecule has 0 saturated carbocycles. The second-order valence-electron chi connectivity index (χ2n) is 4.90. The Morgan fingerprint density at radius 2 is 2.20 bits per heavy atom. The molecule has 5 nitrogen and oxygen atoms in total. The summed E-state index contributed by atoms with van der Waals surface area (Å²) >= 11 is 0. The predicted octanol–water partition coefficient (Wildman–Crippen LogP) is 2.16. The molecule has 0 fully saturated rings. The van der Waals surface area contributed by atoms with E-state index in [9.17, 15) is 4.79 Å². The van der Waals surface area contributed by atoms with Crippen molar-refractivity contribution in [3.8, 4) is 0 Å². The minimum absolute atomic E-state index is 0.225. The molecule has 1 heterocycles. The predicted molar refractivity (Wildman–Crippen MR) is 77.0 cm³/mol. The van der Waals surface area contributed by atoms with Gasteiger partial charge in [0.25, 0.3) is 0 Å². The van der Waals surface area contributed by atoms with Crippen LogP contribution >= 0.6 is 0 Å². The molecule has 106 valence electrons. The Hall–Kier alpha value is -2.30. The molecule has 2 N–H and O–H groups in total. The van der Waals surface area contributed by atoms with Crippen LogP contribution in [0.5, 0.6) is 0 Å². The number of carbonyl (C=O) groups is 1. The lowest BCUT2D eigenvalue weighted by molar-refractivity contribution is -0.146. The summed E-state index contributed by atoms with van der Waals surface area (Å²) < 4.78 is 7.05. The van der Waals surface area contributed by atoms with E-state index in [0.717, 1.165) is 17.0 Å². The Balaban J connectivity index is 2.00. The van der Waals surface area contributed by atoms with Gasteiger partial charge in [0, 0.05) is 12.7 Å². The van der Waals surface area contributed by atoms with E-state index in [1.165, 1.54) is 0 Å². The van der Waals surface area contributed by atoms with Gasteiger partial charge in [0.15, 0.2) is 0 Å². The first-order chi connectivity index (χ1) is 9.47. The molecule has 2 aromatic rings. The number of nitrogens with two attached hydrogens (primary N) is 1. The van der Waals surface area contributed by atoms with Crippen molar-refractivity contribution in [1.29, 1.82) is 0 Å². The summed E-state index contributed by atoms with van der Waals surface area (Å²) in [7, 11) is 1.83. The van der Waals surface area contributed by atoms with Gasteiger partial charge in [-0.3, -0.25) is 9.48 Å². The van der Waals surface area contributed by atoms with Gasteiger partial charge in [-0.15, -0.1) is 0 Å². The van der Waals surface area contributed by atoms with Crippen molar-refractivity contribution in [3.63, 3.8) is 0 Å². The van der Waals surface area contributed by atoms with Crippen molar-refractivity contribution >= 4 is 11.7 Å². The molecular formula is C15H19N3O2. The lowest BCUT2D eigenvalue weighted by atomic mass is 10.0. The van der Waals surface area contributed by atoms with Crippen LogP contribution in [0.4, 0.5) is 5.69 Å². The molecule has 20 heavy (non-hydrogen) atoms. The van der Waals surface area contributed by atoms with Crippen LogP contribution in [0.2, 0.25) is 0 Å². The van der Waals surface area contributed by atoms with Crippen LogP contribution < -0.4 is 5.73 Å². The van der Waals surface area contributed by atoms with Gasteiger partial charge in [-0.05, 0) is 37.6 Å². The number of carbonyl (C=O) groups excluding carboxylic acids is 1. The molecule has 0 amide bonds. The number of hydrogen-bond donors (Lipinski definition) is 1. The molecule has 1 aromatic heterocycles. The van der Waals surface area contributed by atoms with Gasteiger partial charge in [-0.1, -0.05) is 12.1 Å². The number of nitrogens with zero attached hydrogens (tertiary/aromatic N) is 2. The van der Waals surface area contributed by atoms with Crippen molar-refractivity contribution in [2.45, 2.75) is 26.4 Å². The molecule has 0 saturated heterocycles. The summed E-state index contributed by atoms with van der Waals surface area (Å²) in [5, 5.41) is 4.21. The number of nitrogen functional groups attached to an aromatic ring is 1. The first kappa shape index (κ1) is 14.1. The van der Waals surface area contributed by atoms with Crippen molar-refractivity contribution in [1.82, 2.24) is 9.78 Å². The van der Waals surface area contributed by atoms with Gasteiger partial charge >= 0.3 is 5.97 Å². The third-order valence-corrected chi connectivity index (χ3v) is 3.23. The SMILES string of the molecule is Cc1cc(COC(=O)C(C)c2cccc(N)c2)n(C)n1. The van der Waals surface area contributed by atoms with Crippen molar-refractivity contribution in [2.75, 3.05) is 5.73 Å². The fourth-order valence-corrected chi connectivity index (χ4v) is 2.03. The average molecular weight is 273 g/mol. The Kier molecular flexibility index (Phi) is 4.08. The van der Waals surface area contributed by atoms with Gasteiger partial charge in [0.05, 0.1) is 17.3 Å². The normalized spacial score (nSPS) is 12.2. The summed E-state index contributed by atoms with van der Waals surface area (Å²) in [6, 6.07) is 9.19. The highest BCUT2D eigenvalue weighted by molar-refractivity contribution is 5.78. The quantitative estimate of drug-likeness (QED) is 0.684. The zero-order valence-electron chi connectivity index (χ0n) is 12.0. The maximum absolute atomic E-state index is 12.1. The minimum Gasteiger partial charge on any atom is -0.459 e. The number of rotatable bonds is 4. The molecule has 1 unspecified atom stereocenters. The topological polar surface area (TPSA) is 70.1 Å². The molecule has 0 aliphatic rings. The highest BCUT2D eigenvalue weighted by Gasteiger charge is 2.17. The van der Waals surface area contributed by atoms with E-state index >= 15 is 0 Å². The lowest BCUT2D eigenvalue weighted by Crippen LogP contribution is -2.14. The van der Waals surface area contributed by atoms with E-state index in [4.69, 9.17) is 10.5 Å². The second kappa shape index (κ2) is 5.77. The minimum atomic E-state index is -0.340. The Morgan fingerprint density at radius 1 is 1.45 bits per heavy atom. The maximum atomic E-state index is 12.1. The molecule has 0 aliphatic heterocycles. The number of aryl methyl sites for hydroxylation is 2. The van der Waals surface area contributed by atoms with Crippen LogP contribution in [-0.4, -0.2) is 15.7 Å². The summed E-state index contributed by atoms with van der Waals surface area (Å²) in [6.07, 6.45) is 0. The molecule has 1 aromatic carbocycles. The number of esters is 1. The molecule has 0 spiro atoms. The van der Waals surface area contributed by atoms with Gasteiger partial charge in [-0.2, -0.15) is 5.10 Å². The van der Waals surface area contributed by atoms with Crippen molar-refractivity contribution in [3.05, 3.63) is 47.3 Å². The molecule has 2 rings (SSSR count). The van der Waals surface area contributed by atoms with Crippen LogP contribution in [0.15, 0.2) is 30.3 Å². The van der Waals surface area contributed by atoms with Gasteiger partial charge in [0.2, 0.25) is 0 Å². The van der Waals surface area contributed by atoms with Crippen LogP contribution in [0.3, 0.4) is 0 Å². The van der Waals surface area contributed by atoms with Crippen LogP contribution in [-0.2, 0) is 23.2 Å². The Labute approximate surface area is 118 Å². The molecule has 0 radical (unpaired) electrons. The van der Waals surface area contributed by atoms with E-state index < -0.39 is 0 Å². The highest BCUT2D eigenvalue weighted by atomic mass is 16.5. The number of aromatic nitrogens is 2. The van der Waals surface area contributed by atoms with E-state index in [1.54, 1.807) is 16.8 Å². The van der Waals surface area contributed by atoms with E-state index in [-0.39, 0.29) is 18.5 Å². The van der Waals surface area contributed by atoms with Crippen LogP contribution in [0.1, 0.15) is 29.8 Å². The monoisotopic (exact) mass is 273 g/mol. The molecular weight excluding hydrogens is 254 g/mol. The largest absolute Gasteiger partial charge is 0.459 e. The summed E-state index contributed by atoms with van der Waals surface area (Å²) in [5.74, 6) is -0.609. The standard InChI is InChI=1S/C15H19N3O2/c1-10-7-14(18(3)17-10)9-20-15(19)11(2)12-5-4-6-13(16)8-12/h4-8,11H,9,16H2,1-3H3. The summed E-state index contributed by atoms with van der Waals surface area (Å²) in [6.45, 7) is 3.94. The third-order valence-electron chi connectivity index (χ3n) is 3.23. The van der Waals surface area contributed by atoms with E-state index in [1.807, 2.05) is 39.1 Å². The second-order valence-corrected chi connectivity index (χ2v) is 4.90. The number of benzene rings is 1. The zero-order chi connectivity index (χ0) is 14.7. The molecule has 1 atom stereocenters. The van der Waals surface area contributed by atoms with Crippen LogP contribution in [0.25, 0.3) is 0 Å². The zero-order valence-corrected chi connectivity index (χ0v) is 12.0. The van der Waals surface area contributed by atoms with E-state index in [2.05, 4.69) is 5.10 Å². The molecule has 0 aliphatic carbocycles. The lowest BCUT2D eigenvalue weighted by Gasteiger charge is -2.12. The smallest absolute Gasteiger partial charge is 0.313 e. The first-order valence-corrected chi connectivity index (χ1v) is 6.49. The number of hydrogen-bond acceptors (Lipinski definition) is 4. The molecule has 5 heteroatoms. The molecule has 0 bridgehead atoms. The maximum Gasteiger partial charge on any atom is 0.313 e. The summed E-state index contributed by atoms with van der Waals surface area (Å²) in [4.78, 5) is 12.1. The van der Waals surface area contributed by atoms with Gasteiger partial charge in [-0.25, -0.2) is 0 Å². The summed E-state index contributed by atoms with van der Waals surface area (Å²) in [5.41, 5.74) is 9.00. The highest BCUT2D eigenvalue weighted by Crippen LogP contribution is 2.19. The fraction of sp³-hybridized carbons (Fsp3) is 0.333. The average Bonchev–Trinajstić information content (AvgIpc) is 2.73. The fourth-order valence-electron chi connectivity index (χ4n) is 2.03. The van der Waals surface area contributed by atoms with Crippen molar-refractivity contribution < 1.29 is 9.53 Å². The Bertz CT molecular complexity index is 619. The number of ether oxygens (including phenoxy) is 1. The van der Waals surface area contributed by atoms with Crippen LogP contribution in [0, 0.1) is 6.92 Å². The Morgan fingerprint density at radius 3 is 2.80 bits per heavy atom. The first-order valence-electron chi connectivity index (χ1n) is 6.49. The van der Waals surface area contributed by atoms with Gasteiger partial charge < -0.3 is 10.5 Å².